The fourth-order valence-electron chi connectivity index (χ4n) is 5.14. The van der Waals surface area contributed by atoms with Crippen LogP contribution in [0.2, 0.25) is 0 Å². The Hall–Kier alpha value is -2.51. The maximum absolute atomic E-state index is 12.4. The van der Waals surface area contributed by atoms with Crippen LogP contribution >= 0.6 is 7.82 Å². The predicted molar refractivity (Wildman–Crippen MR) is 216 cm³/mol. The summed E-state index contributed by atoms with van der Waals surface area (Å²) in [5, 5.41) is 0. The number of phosphoric ester groups is 1. The molecule has 2 unspecified atom stereocenters. The molecular formula is C43H73O8P. The molecule has 0 radical (unpaired) electrons. The van der Waals surface area contributed by atoms with Crippen molar-refractivity contribution in [2.75, 3.05) is 20.3 Å². The van der Waals surface area contributed by atoms with Gasteiger partial charge in [0, 0.05) is 13.5 Å². The maximum atomic E-state index is 12.4. The number of hydrogen-bond donors (Lipinski definition) is 1. The van der Waals surface area contributed by atoms with E-state index in [1.54, 1.807) is 6.08 Å². The van der Waals surface area contributed by atoms with E-state index in [2.05, 4.69) is 73.1 Å². The highest BCUT2D eigenvalue weighted by Gasteiger charge is 2.24. The fourth-order valence-corrected chi connectivity index (χ4v) is 5.60. The summed E-state index contributed by atoms with van der Waals surface area (Å²) in [5.41, 5.74) is 0. The molecule has 298 valence electrons. The summed E-state index contributed by atoms with van der Waals surface area (Å²) in [7, 11) is -3.25. The average molecular weight is 749 g/mol. The first kappa shape index (κ1) is 49.5. The van der Waals surface area contributed by atoms with E-state index in [1.165, 1.54) is 70.6 Å². The van der Waals surface area contributed by atoms with E-state index in [0.717, 1.165) is 64.9 Å². The van der Waals surface area contributed by atoms with Crippen molar-refractivity contribution in [1.29, 1.82) is 0 Å². The highest BCUT2D eigenvalue weighted by molar-refractivity contribution is 7.47. The lowest BCUT2D eigenvalue weighted by Crippen LogP contribution is -2.29. The molecule has 0 aromatic heterocycles. The smallest absolute Gasteiger partial charge is 0.462 e. The van der Waals surface area contributed by atoms with Crippen LogP contribution in [-0.4, -0.2) is 43.3 Å². The van der Waals surface area contributed by atoms with E-state index in [4.69, 9.17) is 14.0 Å². The van der Waals surface area contributed by atoms with Gasteiger partial charge >= 0.3 is 19.8 Å². The largest absolute Gasteiger partial charge is 0.472 e. The van der Waals surface area contributed by atoms with Crippen LogP contribution in [0.1, 0.15) is 162 Å². The van der Waals surface area contributed by atoms with Crippen LogP contribution in [0.4, 0.5) is 0 Å². The summed E-state index contributed by atoms with van der Waals surface area (Å²) >= 11 is 0. The first-order valence-corrected chi connectivity index (χ1v) is 21.6. The van der Waals surface area contributed by atoms with Gasteiger partial charge in [-0.1, -0.05) is 157 Å². The first-order chi connectivity index (χ1) is 25.3. The zero-order valence-corrected chi connectivity index (χ0v) is 33.8. The van der Waals surface area contributed by atoms with Gasteiger partial charge in [-0.25, -0.2) is 4.57 Å². The Balaban J connectivity index is 4.15. The minimum Gasteiger partial charge on any atom is -0.462 e. The number of rotatable bonds is 36. The van der Waals surface area contributed by atoms with Gasteiger partial charge < -0.3 is 14.4 Å². The average Bonchev–Trinajstić information content (AvgIpc) is 3.13. The monoisotopic (exact) mass is 749 g/mol. The molecule has 0 saturated heterocycles. The van der Waals surface area contributed by atoms with Gasteiger partial charge in [-0.2, -0.15) is 0 Å². The number of carbonyl (C=O) groups is 2. The molecule has 0 aliphatic heterocycles. The van der Waals surface area contributed by atoms with Crippen molar-refractivity contribution >= 4 is 19.8 Å². The van der Waals surface area contributed by atoms with Crippen LogP contribution < -0.4 is 0 Å². The number of esters is 2. The van der Waals surface area contributed by atoms with Gasteiger partial charge in [0.1, 0.15) is 6.61 Å². The molecule has 0 fully saturated rings. The van der Waals surface area contributed by atoms with Crippen LogP contribution in [0.5, 0.6) is 0 Å². The Bertz CT molecular complexity index is 1080. The molecule has 0 aliphatic rings. The van der Waals surface area contributed by atoms with Crippen molar-refractivity contribution in [3.05, 3.63) is 72.9 Å². The van der Waals surface area contributed by atoms with Crippen LogP contribution in [-0.2, 0) is 32.7 Å². The second-order valence-corrected chi connectivity index (χ2v) is 14.6. The molecule has 0 saturated carbocycles. The van der Waals surface area contributed by atoms with Crippen molar-refractivity contribution in [1.82, 2.24) is 0 Å². The van der Waals surface area contributed by atoms with Crippen molar-refractivity contribution in [3.63, 3.8) is 0 Å². The summed E-state index contributed by atoms with van der Waals surface area (Å²) < 4.78 is 31.8. The van der Waals surface area contributed by atoms with Gasteiger partial charge in [-0.15, -0.1) is 0 Å². The van der Waals surface area contributed by atoms with Crippen molar-refractivity contribution in [2.45, 2.75) is 168 Å². The lowest BCUT2D eigenvalue weighted by molar-refractivity contribution is -0.160. The van der Waals surface area contributed by atoms with Crippen LogP contribution in [0.3, 0.4) is 0 Å². The van der Waals surface area contributed by atoms with E-state index in [0.29, 0.717) is 6.42 Å². The molecule has 9 heteroatoms. The van der Waals surface area contributed by atoms with Gasteiger partial charge in [0.2, 0.25) is 0 Å². The highest BCUT2D eigenvalue weighted by Crippen LogP contribution is 2.42. The Morgan fingerprint density at radius 3 is 1.54 bits per heavy atom. The fraction of sp³-hybridized carbons (Fsp3) is 0.674. The molecule has 0 bridgehead atoms. The van der Waals surface area contributed by atoms with Crippen molar-refractivity contribution in [2.24, 2.45) is 0 Å². The van der Waals surface area contributed by atoms with Gasteiger partial charge in [-0.3, -0.25) is 18.6 Å². The van der Waals surface area contributed by atoms with E-state index in [1.807, 2.05) is 12.2 Å². The van der Waals surface area contributed by atoms with Crippen LogP contribution in [0, 0.1) is 0 Å². The Labute approximate surface area is 317 Å². The minimum absolute atomic E-state index is 0.00897. The number of ether oxygens (including phenoxy) is 2. The van der Waals surface area contributed by atoms with E-state index in [-0.39, 0.29) is 19.4 Å². The predicted octanol–water partition coefficient (Wildman–Crippen LogP) is 12.6. The molecule has 52 heavy (non-hydrogen) atoms. The van der Waals surface area contributed by atoms with Gasteiger partial charge in [0.05, 0.1) is 13.0 Å². The molecule has 1 N–H and O–H groups in total. The van der Waals surface area contributed by atoms with Gasteiger partial charge in [0.15, 0.2) is 6.10 Å². The molecule has 0 aromatic carbocycles. The minimum atomic E-state index is -4.29. The molecule has 0 heterocycles. The molecule has 0 aliphatic carbocycles. The second-order valence-electron chi connectivity index (χ2n) is 13.0. The van der Waals surface area contributed by atoms with Gasteiger partial charge in [-0.05, 0) is 64.2 Å². The second kappa shape index (κ2) is 38.2. The summed E-state index contributed by atoms with van der Waals surface area (Å²) in [6, 6.07) is 0. The normalized spacial score (nSPS) is 14.2. The summed E-state index contributed by atoms with van der Waals surface area (Å²) in [6.07, 6.45) is 48.4. The quantitative estimate of drug-likeness (QED) is 0.0292. The van der Waals surface area contributed by atoms with E-state index >= 15 is 0 Å². The summed E-state index contributed by atoms with van der Waals surface area (Å²) in [5.74, 6) is -0.961. The van der Waals surface area contributed by atoms with Crippen molar-refractivity contribution < 1.29 is 37.6 Å². The summed E-state index contributed by atoms with van der Waals surface area (Å²) in [4.78, 5) is 34.3. The van der Waals surface area contributed by atoms with E-state index in [9.17, 15) is 19.0 Å². The van der Waals surface area contributed by atoms with Crippen LogP contribution in [0.15, 0.2) is 72.9 Å². The van der Waals surface area contributed by atoms with Crippen molar-refractivity contribution in [3.8, 4) is 0 Å². The molecule has 2 atom stereocenters. The third-order valence-corrected chi connectivity index (χ3v) is 9.15. The lowest BCUT2D eigenvalue weighted by Gasteiger charge is -2.19. The zero-order chi connectivity index (χ0) is 38.2. The first-order valence-electron chi connectivity index (χ1n) is 20.1. The third kappa shape index (κ3) is 37.3. The maximum Gasteiger partial charge on any atom is 0.472 e. The number of hydrogen-bond acceptors (Lipinski definition) is 7. The SMILES string of the molecule is CC/C=C\C/C=C\C/C=C\C/C=C\C/C=C\CC(=O)OC(COC(=O)CCCCCCCCC/C=C\CCCCCCCCC)COP(=O)(O)OC. The Kier molecular flexibility index (Phi) is 36.4. The molecular weight excluding hydrogens is 675 g/mol. The standard InChI is InChI=1S/C43H73O8P/c1-4-6-8-10-12-14-16-18-20-21-22-24-25-27-29-31-33-35-37-42(44)49-39-41(40-50-52(46,47)48-3)51-43(45)38-36-34-32-30-28-26-23-19-17-15-13-11-9-7-5-2/h7,9,13,15,19-21,23,28,30,34,36,41H,4-6,8,10-12,14,16-18,22,24-27,29,31-33,35,37-40H2,1-3H3,(H,46,47)/b9-7-,15-13-,21-20-,23-19-,30-28-,36-34-. The van der Waals surface area contributed by atoms with Gasteiger partial charge in [0.25, 0.3) is 0 Å². The number of carbonyl (C=O) groups excluding carboxylic acids is 2. The Morgan fingerprint density at radius 1 is 0.577 bits per heavy atom. The zero-order valence-electron chi connectivity index (χ0n) is 32.9. The van der Waals surface area contributed by atoms with E-state index < -0.39 is 32.5 Å². The summed E-state index contributed by atoms with van der Waals surface area (Å²) in [6.45, 7) is 3.67. The molecule has 0 amide bonds. The number of unbranched alkanes of at least 4 members (excludes halogenated alkanes) is 14. The molecule has 0 aromatic rings. The molecule has 8 nitrogen and oxygen atoms in total. The number of phosphoric acid groups is 1. The topological polar surface area (TPSA) is 108 Å². The Morgan fingerprint density at radius 2 is 1.04 bits per heavy atom. The lowest BCUT2D eigenvalue weighted by atomic mass is 10.1. The highest BCUT2D eigenvalue weighted by atomic mass is 31.2. The number of allylic oxidation sites excluding steroid dienone is 11. The third-order valence-electron chi connectivity index (χ3n) is 8.22. The molecule has 0 rings (SSSR count). The van der Waals surface area contributed by atoms with Crippen LogP contribution in [0.25, 0.3) is 0 Å². The molecule has 0 spiro atoms.